The van der Waals surface area contributed by atoms with E-state index in [9.17, 15) is 13.0 Å². The second kappa shape index (κ2) is 9.40. The van der Waals surface area contributed by atoms with Crippen LogP contribution in [0, 0.1) is 11.6 Å². The molecule has 2 unspecified atom stereocenters. The Bertz CT molecular complexity index is 1340. The lowest BCUT2D eigenvalue weighted by Gasteiger charge is -2.26. The first-order valence-electron chi connectivity index (χ1n) is 10.3. The van der Waals surface area contributed by atoms with Gasteiger partial charge in [-0.05, 0) is 66.5 Å². The Morgan fingerprint density at radius 1 is 1.06 bits per heavy atom. The third-order valence-electron chi connectivity index (χ3n) is 5.13. The van der Waals surface area contributed by atoms with Crippen molar-refractivity contribution in [3.8, 4) is 11.3 Å². The quantitative estimate of drug-likeness (QED) is 0.297. The van der Waals surface area contributed by atoms with Gasteiger partial charge in [0.25, 0.3) is 0 Å². The molecule has 2 aromatic heterocycles. The molecule has 0 aliphatic rings. The maximum atomic E-state index is 14.6. The lowest BCUT2D eigenvalue weighted by atomic mass is 9.94. The van der Waals surface area contributed by atoms with Crippen LogP contribution in [0.4, 0.5) is 8.78 Å². The van der Waals surface area contributed by atoms with Gasteiger partial charge in [-0.3, -0.25) is 0 Å². The zero-order valence-corrected chi connectivity index (χ0v) is 20.6. The summed E-state index contributed by atoms with van der Waals surface area (Å²) >= 11 is 3.29. The predicted molar refractivity (Wildman–Crippen MR) is 129 cm³/mol. The van der Waals surface area contributed by atoms with Crippen LogP contribution < -0.4 is 4.72 Å². The number of halogens is 3. The van der Waals surface area contributed by atoms with E-state index in [1.54, 1.807) is 12.1 Å². The molecule has 0 amide bonds. The summed E-state index contributed by atoms with van der Waals surface area (Å²) in [6, 6.07) is 14.3. The van der Waals surface area contributed by atoms with Crippen molar-refractivity contribution in [3.05, 3.63) is 82.1 Å². The first-order valence-corrected chi connectivity index (χ1v) is 12.2. The molecule has 0 fully saturated rings. The van der Waals surface area contributed by atoms with Gasteiger partial charge in [0.2, 0.25) is 5.58 Å². The number of pyridine rings is 1. The largest absolute Gasteiger partial charge is 0.352 e. The molecule has 2 aromatic carbocycles. The molecule has 0 aliphatic heterocycles. The van der Waals surface area contributed by atoms with E-state index >= 15 is 0 Å². The smallest absolute Gasteiger partial charge is 0.203 e. The van der Waals surface area contributed by atoms with Gasteiger partial charge in [0.1, 0.15) is 16.1 Å². The first kappa shape index (κ1) is 23.7. The molecule has 0 saturated heterocycles. The van der Waals surface area contributed by atoms with E-state index in [0.29, 0.717) is 21.2 Å². The highest BCUT2D eigenvalue weighted by Gasteiger charge is 2.28. The van der Waals surface area contributed by atoms with E-state index in [1.165, 1.54) is 18.2 Å². The number of para-hydroxylation sites is 1. The van der Waals surface area contributed by atoms with E-state index in [2.05, 4.69) is 30.8 Å². The van der Waals surface area contributed by atoms with Crippen LogP contribution in [0.3, 0.4) is 0 Å². The van der Waals surface area contributed by atoms with Gasteiger partial charge < -0.3 is 4.52 Å². The molecule has 0 aliphatic carbocycles. The van der Waals surface area contributed by atoms with Crippen LogP contribution >= 0.6 is 15.9 Å². The molecule has 4 aromatic rings. The Labute approximate surface area is 201 Å². The second-order valence-corrected chi connectivity index (χ2v) is 11.4. The van der Waals surface area contributed by atoms with Crippen molar-refractivity contribution in [2.75, 3.05) is 0 Å². The highest BCUT2D eigenvalue weighted by molar-refractivity contribution is 9.10. The van der Waals surface area contributed by atoms with Crippen LogP contribution in [-0.2, 0) is 17.4 Å². The molecule has 9 heteroatoms. The average molecular weight is 534 g/mol. The maximum absolute atomic E-state index is 14.6. The van der Waals surface area contributed by atoms with Crippen molar-refractivity contribution < 1.29 is 17.5 Å². The molecule has 172 valence electrons. The molecule has 5 nitrogen and oxygen atoms in total. The summed E-state index contributed by atoms with van der Waals surface area (Å²) in [5, 5.41) is 4.64. The zero-order valence-electron chi connectivity index (χ0n) is 18.2. The summed E-state index contributed by atoms with van der Waals surface area (Å²) in [6.07, 6.45) is 0.133. The minimum absolute atomic E-state index is 0.0600. The summed E-state index contributed by atoms with van der Waals surface area (Å²) in [7, 11) is -1.46. The van der Waals surface area contributed by atoms with E-state index in [-0.39, 0.29) is 17.7 Å². The Morgan fingerprint density at radius 3 is 2.58 bits per heavy atom. The predicted octanol–water partition coefficient (Wildman–Crippen LogP) is 6.27. The summed E-state index contributed by atoms with van der Waals surface area (Å²) in [4.78, 5) is 4.28. The van der Waals surface area contributed by atoms with Crippen molar-refractivity contribution in [3.63, 3.8) is 0 Å². The van der Waals surface area contributed by atoms with Crippen molar-refractivity contribution >= 4 is 37.9 Å². The molecule has 0 saturated carbocycles. The lowest BCUT2D eigenvalue weighted by Crippen LogP contribution is -2.37. The monoisotopic (exact) mass is 533 g/mol. The molecule has 4 rings (SSSR count). The fraction of sp³-hybridized carbons (Fsp3) is 0.250. The molecule has 1 N–H and O–H groups in total. The molecule has 2 heterocycles. The number of benzene rings is 2. The molecule has 0 radical (unpaired) electrons. The maximum Gasteiger partial charge on any atom is 0.203 e. The molecule has 0 bridgehead atoms. The van der Waals surface area contributed by atoms with Crippen molar-refractivity contribution in [1.82, 2.24) is 14.9 Å². The summed E-state index contributed by atoms with van der Waals surface area (Å²) in [5.74, 6) is -0.967. The van der Waals surface area contributed by atoms with Gasteiger partial charge in [-0.15, -0.1) is 0 Å². The van der Waals surface area contributed by atoms with Gasteiger partial charge in [-0.25, -0.2) is 22.7 Å². The van der Waals surface area contributed by atoms with E-state index in [4.69, 9.17) is 4.52 Å². The second-order valence-electron chi connectivity index (χ2n) is 8.55. The summed E-state index contributed by atoms with van der Waals surface area (Å²) < 4.78 is 50.2. The van der Waals surface area contributed by atoms with E-state index < -0.39 is 33.4 Å². The Balaban J connectivity index is 1.84. The van der Waals surface area contributed by atoms with Crippen molar-refractivity contribution in [1.29, 1.82) is 0 Å². The highest BCUT2D eigenvalue weighted by Crippen LogP contribution is 2.35. The fourth-order valence-corrected chi connectivity index (χ4v) is 4.62. The van der Waals surface area contributed by atoms with E-state index in [1.807, 2.05) is 45.0 Å². The van der Waals surface area contributed by atoms with Gasteiger partial charge >= 0.3 is 0 Å². The number of aromatic nitrogens is 2. The van der Waals surface area contributed by atoms with Gasteiger partial charge in [-0.1, -0.05) is 35.5 Å². The van der Waals surface area contributed by atoms with Gasteiger partial charge in [0, 0.05) is 12.0 Å². The molecule has 33 heavy (non-hydrogen) atoms. The molecule has 2 atom stereocenters. The number of nitrogens with one attached hydrogen (secondary N) is 1. The minimum atomic E-state index is -1.46. The normalized spacial score (nSPS) is 13.9. The van der Waals surface area contributed by atoms with Crippen LogP contribution in [0.15, 0.2) is 63.7 Å². The van der Waals surface area contributed by atoms with Gasteiger partial charge in [0.05, 0.1) is 32.9 Å². The van der Waals surface area contributed by atoms with Crippen LogP contribution in [0.5, 0.6) is 0 Å². The highest BCUT2D eigenvalue weighted by atomic mass is 79.9. The number of hydrogen-bond acceptors (Lipinski definition) is 4. The Kier molecular flexibility index (Phi) is 6.74. The summed E-state index contributed by atoms with van der Waals surface area (Å²) in [6.45, 7) is 5.56. The molecule has 0 spiro atoms. The SMILES string of the molecule is CC(C)(C)S(=O)NC(Cc1nc(Br)ccc1F)c1ccccc1-c1noc2c(F)cccc12. The van der Waals surface area contributed by atoms with Crippen LogP contribution in [-0.4, -0.2) is 19.1 Å². The van der Waals surface area contributed by atoms with Crippen LogP contribution in [0.25, 0.3) is 22.2 Å². The van der Waals surface area contributed by atoms with Gasteiger partial charge in [0.15, 0.2) is 5.82 Å². The van der Waals surface area contributed by atoms with Crippen LogP contribution in [0.1, 0.15) is 38.1 Å². The average Bonchev–Trinajstić information content (AvgIpc) is 3.20. The first-order chi connectivity index (χ1) is 15.6. The fourth-order valence-electron chi connectivity index (χ4n) is 3.45. The van der Waals surface area contributed by atoms with E-state index in [0.717, 1.165) is 5.56 Å². The number of rotatable bonds is 6. The molecular formula is C24H22BrF2N3O2S. The Hall–Kier alpha value is -2.49. The summed E-state index contributed by atoms with van der Waals surface area (Å²) in [5.41, 5.74) is 2.12. The zero-order chi connectivity index (χ0) is 23.8. The lowest BCUT2D eigenvalue weighted by molar-refractivity contribution is 0.443. The number of fused-ring (bicyclic) bond motifs is 1. The minimum Gasteiger partial charge on any atom is -0.352 e. The molecular weight excluding hydrogens is 512 g/mol. The standard InChI is InChI=1S/C24H22BrF2N3O2S/c1-24(2,3)33(31)30-19(13-20-17(26)11-12-21(25)28-20)14-7-4-5-8-15(14)22-16-9-6-10-18(27)23(16)32-29-22/h4-12,19,30H,13H2,1-3H3. The number of nitrogens with zero attached hydrogens (tertiary/aromatic N) is 2. The van der Waals surface area contributed by atoms with Crippen molar-refractivity contribution in [2.24, 2.45) is 0 Å². The topological polar surface area (TPSA) is 68.0 Å². The van der Waals surface area contributed by atoms with Crippen LogP contribution in [0.2, 0.25) is 0 Å². The van der Waals surface area contributed by atoms with Crippen molar-refractivity contribution in [2.45, 2.75) is 38.0 Å². The third kappa shape index (κ3) is 5.05. The Morgan fingerprint density at radius 2 is 1.82 bits per heavy atom. The number of hydrogen-bond donors (Lipinski definition) is 1. The van der Waals surface area contributed by atoms with Gasteiger partial charge in [-0.2, -0.15) is 0 Å². The third-order valence-corrected chi connectivity index (χ3v) is 7.18.